The smallest absolute Gasteiger partial charge is 0.308 e. The largest absolute Gasteiger partial charge is 0.427 e. The van der Waals surface area contributed by atoms with Gasteiger partial charge in [-0.2, -0.15) is 0 Å². The highest BCUT2D eigenvalue weighted by atomic mass is 16.5. The first-order chi connectivity index (χ1) is 16.4. The molecule has 1 saturated heterocycles. The molecular weight excluding hydrogens is 424 g/mol. The fourth-order valence-corrected chi connectivity index (χ4v) is 6.34. The number of esters is 1. The number of fused-ring (bicyclic) bond motifs is 1. The average molecular weight is 461 g/mol. The third kappa shape index (κ3) is 4.76. The number of hydrogen-bond donors (Lipinski definition) is 0. The number of hydrogen-bond acceptors (Lipinski definition) is 4. The highest BCUT2D eigenvalue weighted by Gasteiger charge is 2.49. The number of nitrogens with zero attached hydrogens (tertiary/aromatic N) is 2. The van der Waals surface area contributed by atoms with E-state index in [2.05, 4.69) is 17.0 Å². The number of likely N-dealkylation sites (tertiary alicyclic amines) is 1. The summed E-state index contributed by atoms with van der Waals surface area (Å²) < 4.78 is 5.46. The van der Waals surface area contributed by atoms with Gasteiger partial charge in [0.15, 0.2) is 0 Å². The molecule has 180 valence electrons. The predicted molar refractivity (Wildman–Crippen MR) is 133 cm³/mol. The molecule has 0 N–H and O–H groups in total. The van der Waals surface area contributed by atoms with Gasteiger partial charge in [0.05, 0.1) is 0 Å². The van der Waals surface area contributed by atoms with Gasteiger partial charge in [-0.15, -0.1) is 0 Å². The summed E-state index contributed by atoms with van der Waals surface area (Å²) in [6.07, 6.45) is 6.93. The SMILES string of the molecule is CC(=O)Oc1cccc(C23CCN(CC4CC4)CC2CC[C@H](N(C)C(=O)c2ccccc2)C3)c1. The molecule has 3 fully saturated rings. The Kier molecular flexibility index (Phi) is 6.48. The molecule has 2 aromatic rings. The lowest BCUT2D eigenvalue weighted by Gasteiger charge is -2.54. The van der Waals surface area contributed by atoms with Crippen LogP contribution in [0.1, 0.15) is 61.4 Å². The predicted octanol–water partition coefficient (Wildman–Crippen LogP) is 4.91. The zero-order valence-corrected chi connectivity index (χ0v) is 20.4. The fraction of sp³-hybridized carbons (Fsp3) is 0.517. The van der Waals surface area contributed by atoms with Gasteiger partial charge < -0.3 is 14.5 Å². The van der Waals surface area contributed by atoms with Crippen molar-refractivity contribution >= 4 is 11.9 Å². The Morgan fingerprint density at radius 3 is 2.59 bits per heavy atom. The highest BCUT2D eigenvalue weighted by Crippen LogP contribution is 2.51. The Hall–Kier alpha value is -2.66. The minimum atomic E-state index is -0.292. The molecule has 0 aromatic heterocycles. The Labute approximate surface area is 203 Å². The Morgan fingerprint density at radius 2 is 1.85 bits per heavy atom. The molecule has 2 aliphatic carbocycles. The monoisotopic (exact) mass is 460 g/mol. The molecule has 2 unspecified atom stereocenters. The third-order valence-corrected chi connectivity index (χ3v) is 8.36. The van der Waals surface area contributed by atoms with Crippen molar-refractivity contribution in [1.82, 2.24) is 9.80 Å². The molecule has 2 saturated carbocycles. The molecule has 2 aromatic carbocycles. The Balaban J connectivity index is 1.42. The lowest BCUT2D eigenvalue weighted by atomic mass is 9.57. The molecule has 1 aliphatic heterocycles. The van der Waals surface area contributed by atoms with Crippen molar-refractivity contribution in [3.05, 3.63) is 65.7 Å². The summed E-state index contributed by atoms with van der Waals surface area (Å²) in [5.41, 5.74) is 1.99. The van der Waals surface area contributed by atoms with E-state index in [1.165, 1.54) is 31.9 Å². The van der Waals surface area contributed by atoms with Crippen LogP contribution in [-0.4, -0.2) is 54.4 Å². The van der Waals surface area contributed by atoms with Crippen molar-refractivity contribution in [2.75, 3.05) is 26.7 Å². The Bertz CT molecular complexity index is 1030. The van der Waals surface area contributed by atoms with Gasteiger partial charge in [0.1, 0.15) is 5.75 Å². The van der Waals surface area contributed by atoms with E-state index in [1.807, 2.05) is 54.4 Å². The number of piperidine rings is 1. The van der Waals surface area contributed by atoms with Gasteiger partial charge in [0.25, 0.3) is 5.91 Å². The van der Waals surface area contributed by atoms with E-state index in [9.17, 15) is 9.59 Å². The van der Waals surface area contributed by atoms with E-state index < -0.39 is 0 Å². The fourth-order valence-electron chi connectivity index (χ4n) is 6.34. The van der Waals surface area contributed by atoms with Crippen LogP contribution >= 0.6 is 0 Å². The molecule has 5 heteroatoms. The lowest BCUT2D eigenvalue weighted by molar-refractivity contribution is -0.131. The van der Waals surface area contributed by atoms with Crippen LogP contribution in [0.4, 0.5) is 0 Å². The lowest BCUT2D eigenvalue weighted by Crippen LogP contribution is -2.56. The molecule has 5 nitrogen and oxygen atoms in total. The van der Waals surface area contributed by atoms with Crippen LogP contribution < -0.4 is 4.74 Å². The van der Waals surface area contributed by atoms with Gasteiger partial charge in [0.2, 0.25) is 0 Å². The molecule has 3 aliphatic rings. The van der Waals surface area contributed by atoms with Gasteiger partial charge in [-0.25, -0.2) is 0 Å². The van der Waals surface area contributed by atoms with E-state index in [0.29, 0.717) is 11.7 Å². The summed E-state index contributed by atoms with van der Waals surface area (Å²) in [4.78, 5) is 29.5. The van der Waals surface area contributed by atoms with Crippen LogP contribution in [0.15, 0.2) is 54.6 Å². The zero-order chi connectivity index (χ0) is 23.7. The molecular formula is C29H36N2O3. The number of ether oxygens (including phenoxy) is 1. The van der Waals surface area contributed by atoms with Gasteiger partial charge in [-0.3, -0.25) is 9.59 Å². The van der Waals surface area contributed by atoms with Crippen molar-refractivity contribution in [1.29, 1.82) is 0 Å². The molecule has 5 rings (SSSR count). The van der Waals surface area contributed by atoms with Crippen molar-refractivity contribution in [3.63, 3.8) is 0 Å². The summed E-state index contributed by atoms with van der Waals surface area (Å²) >= 11 is 0. The standard InChI is InChI=1S/C29H36N2O3/c1-21(32)34-27-10-6-9-24(17-27)29-15-16-31(19-22-11-12-22)20-25(29)13-14-26(18-29)30(2)28(33)23-7-4-3-5-8-23/h3-10,17,22,25-26H,11-16,18-20H2,1-2H3/t25?,26-,29?/m0/s1. The van der Waals surface area contributed by atoms with Crippen LogP contribution in [0, 0.1) is 11.8 Å². The first-order valence-electron chi connectivity index (χ1n) is 12.8. The quantitative estimate of drug-likeness (QED) is 0.454. The number of rotatable bonds is 6. The minimum absolute atomic E-state index is 0.00957. The van der Waals surface area contributed by atoms with Crippen molar-refractivity contribution in [3.8, 4) is 5.75 Å². The number of amides is 1. The molecule has 3 atom stereocenters. The van der Waals surface area contributed by atoms with Crippen LogP contribution in [0.5, 0.6) is 5.75 Å². The second-order valence-corrected chi connectivity index (χ2v) is 10.6. The normalized spacial score (nSPS) is 27.0. The Morgan fingerprint density at radius 1 is 1.06 bits per heavy atom. The number of benzene rings is 2. The summed E-state index contributed by atoms with van der Waals surface area (Å²) in [6, 6.07) is 18.0. The molecule has 0 bridgehead atoms. The molecule has 1 heterocycles. The van der Waals surface area contributed by atoms with Crippen molar-refractivity contribution < 1.29 is 14.3 Å². The topological polar surface area (TPSA) is 49.9 Å². The van der Waals surface area contributed by atoms with Gasteiger partial charge in [0, 0.05) is 44.1 Å². The van der Waals surface area contributed by atoms with E-state index in [4.69, 9.17) is 4.74 Å². The van der Waals surface area contributed by atoms with Crippen LogP contribution in [0.25, 0.3) is 0 Å². The maximum absolute atomic E-state index is 13.3. The second-order valence-electron chi connectivity index (χ2n) is 10.6. The number of carbonyl (C=O) groups is 2. The van der Waals surface area contributed by atoms with E-state index in [1.54, 1.807) is 0 Å². The molecule has 34 heavy (non-hydrogen) atoms. The van der Waals surface area contributed by atoms with Gasteiger partial charge in [-0.1, -0.05) is 30.3 Å². The van der Waals surface area contributed by atoms with Gasteiger partial charge in [-0.05, 0) is 86.7 Å². The first kappa shape index (κ1) is 23.1. The van der Waals surface area contributed by atoms with Gasteiger partial charge >= 0.3 is 5.97 Å². The van der Waals surface area contributed by atoms with Crippen LogP contribution in [0.3, 0.4) is 0 Å². The van der Waals surface area contributed by atoms with Crippen LogP contribution in [0.2, 0.25) is 0 Å². The third-order valence-electron chi connectivity index (χ3n) is 8.36. The maximum atomic E-state index is 13.3. The summed E-state index contributed by atoms with van der Waals surface area (Å²) in [5, 5.41) is 0. The summed E-state index contributed by atoms with van der Waals surface area (Å²) in [6.45, 7) is 4.89. The molecule has 1 amide bonds. The first-order valence-corrected chi connectivity index (χ1v) is 12.8. The van der Waals surface area contributed by atoms with Crippen molar-refractivity contribution in [2.24, 2.45) is 11.8 Å². The molecule has 0 radical (unpaired) electrons. The second kappa shape index (κ2) is 9.53. The highest BCUT2D eigenvalue weighted by molar-refractivity contribution is 5.94. The van der Waals surface area contributed by atoms with E-state index >= 15 is 0 Å². The maximum Gasteiger partial charge on any atom is 0.308 e. The zero-order valence-electron chi connectivity index (χ0n) is 20.4. The number of carbonyl (C=O) groups excluding carboxylic acids is 2. The van der Waals surface area contributed by atoms with E-state index in [-0.39, 0.29) is 23.3 Å². The van der Waals surface area contributed by atoms with Crippen LogP contribution in [-0.2, 0) is 10.2 Å². The van der Waals surface area contributed by atoms with Crippen molar-refractivity contribution in [2.45, 2.75) is 56.9 Å². The van der Waals surface area contributed by atoms with E-state index in [0.717, 1.165) is 50.3 Å². The summed E-state index contributed by atoms with van der Waals surface area (Å²) in [7, 11) is 1.96. The molecule has 0 spiro atoms. The minimum Gasteiger partial charge on any atom is -0.427 e. The average Bonchev–Trinajstić information content (AvgIpc) is 3.67. The summed E-state index contributed by atoms with van der Waals surface area (Å²) in [5.74, 6) is 1.86.